The third kappa shape index (κ3) is 5.88. The van der Waals surface area contributed by atoms with Gasteiger partial charge in [-0.3, -0.25) is 9.52 Å². The average Bonchev–Trinajstić information content (AvgIpc) is 2.62. The Morgan fingerprint density at radius 2 is 1.62 bits per heavy atom. The summed E-state index contributed by atoms with van der Waals surface area (Å²) < 4.78 is 25.7. The van der Waals surface area contributed by atoms with Gasteiger partial charge in [-0.15, -0.1) is 0 Å². The molecule has 26 heavy (non-hydrogen) atoms. The van der Waals surface area contributed by atoms with Gasteiger partial charge in [0.1, 0.15) is 0 Å². The molecular formula is C20H26N2O3S. The number of anilines is 1. The molecule has 2 aromatic carbocycles. The van der Waals surface area contributed by atoms with E-state index >= 15 is 0 Å². The minimum absolute atomic E-state index is 0.00317. The summed E-state index contributed by atoms with van der Waals surface area (Å²) in [6, 6.07) is 16.3. The van der Waals surface area contributed by atoms with Gasteiger partial charge in [0.25, 0.3) is 5.91 Å². The van der Waals surface area contributed by atoms with E-state index in [2.05, 4.69) is 23.9 Å². The molecule has 5 nitrogen and oxygen atoms in total. The normalized spacial score (nSPS) is 12.6. The maximum Gasteiger partial charge on any atom is 0.251 e. The van der Waals surface area contributed by atoms with Crippen LogP contribution in [0.1, 0.15) is 49.2 Å². The first kappa shape index (κ1) is 20.0. The van der Waals surface area contributed by atoms with E-state index < -0.39 is 10.0 Å². The maximum absolute atomic E-state index is 12.6. The average molecular weight is 375 g/mol. The smallest absolute Gasteiger partial charge is 0.251 e. The van der Waals surface area contributed by atoms with Gasteiger partial charge in [-0.1, -0.05) is 44.2 Å². The highest BCUT2D eigenvalue weighted by molar-refractivity contribution is 7.92. The van der Waals surface area contributed by atoms with Crippen LogP contribution in [0.5, 0.6) is 0 Å². The van der Waals surface area contributed by atoms with Crippen molar-refractivity contribution >= 4 is 21.6 Å². The van der Waals surface area contributed by atoms with Crippen LogP contribution < -0.4 is 10.0 Å². The topological polar surface area (TPSA) is 75.3 Å². The lowest BCUT2D eigenvalue weighted by atomic mass is 9.96. The van der Waals surface area contributed by atoms with Gasteiger partial charge < -0.3 is 5.32 Å². The van der Waals surface area contributed by atoms with Gasteiger partial charge in [0.05, 0.1) is 11.8 Å². The molecule has 0 aromatic heterocycles. The van der Waals surface area contributed by atoms with Crippen molar-refractivity contribution in [2.75, 3.05) is 10.5 Å². The number of hydrogen-bond donors (Lipinski definition) is 2. The molecule has 2 N–H and O–H groups in total. The zero-order valence-electron chi connectivity index (χ0n) is 15.4. The summed E-state index contributed by atoms with van der Waals surface area (Å²) in [5.74, 6) is 0.263. The summed E-state index contributed by atoms with van der Waals surface area (Å²) in [5.41, 5.74) is 2.01. The first-order valence-corrected chi connectivity index (χ1v) is 10.4. The van der Waals surface area contributed by atoms with Gasteiger partial charge in [0.15, 0.2) is 0 Å². The fourth-order valence-electron chi connectivity index (χ4n) is 2.62. The molecule has 1 amide bonds. The third-order valence-corrected chi connectivity index (χ3v) is 5.32. The van der Waals surface area contributed by atoms with Crippen molar-refractivity contribution in [1.29, 1.82) is 0 Å². The number of amides is 1. The van der Waals surface area contributed by atoms with Gasteiger partial charge in [-0.25, -0.2) is 8.42 Å². The minimum atomic E-state index is -3.32. The molecule has 0 aliphatic carbocycles. The lowest BCUT2D eigenvalue weighted by Gasteiger charge is -2.21. The Bertz CT molecular complexity index is 816. The van der Waals surface area contributed by atoms with Gasteiger partial charge in [0, 0.05) is 11.3 Å². The Kier molecular flexibility index (Phi) is 6.80. The molecule has 140 valence electrons. The first-order valence-electron chi connectivity index (χ1n) is 8.77. The van der Waals surface area contributed by atoms with Crippen LogP contribution in [-0.2, 0) is 10.0 Å². The molecule has 0 aliphatic rings. The first-order chi connectivity index (χ1) is 12.3. The van der Waals surface area contributed by atoms with Crippen molar-refractivity contribution < 1.29 is 13.2 Å². The summed E-state index contributed by atoms with van der Waals surface area (Å²) in [4.78, 5) is 12.6. The zero-order chi connectivity index (χ0) is 19.2. The Labute approximate surface area is 155 Å². The molecule has 0 fully saturated rings. The Balaban J connectivity index is 2.11. The Morgan fingerprint density at radius 3 is 2.15 bits per heavy atom. The van der Waals surface area contributed by atoms with Crippen LogP contribution in [-0.4, -0.2) is 20.1 Å². The number of benzene rings is 2. The van der Waals surface area contributed by atoms with Gasteiger partial charge in [0.2, 0.25) is 10.0 Å². The Hall–Kier alpha value is -2.34. The van der Waals surface area contributed by atoms with E-state index in [1.54, 1.807) is 31.2 Å². The van der Waals surface area contributed by atoms with E-state index in [9.17, 15) is 13.2 Å². The summed E-state index contributed by atoms with van der Waals surface area (Å²) in [6.45, 7) is 5.82. The largest absolute Gasteiger partial charge is 0.345 e. The fraction of sp³-hybridized carbons (Fsp3) is 0.350. The SMILES string of the molecule is CCS(=O)(=O)Nc1ccc(C(=O)NC(CC(C)C)c2ccccc2)cc1. The predicted octanol–water partition coefficient (Wildman–Crippen LogP) is 3.97. The molecule has 0 spiro atoms. The van der Waals surface area contributed by atoms with Gasteiger partial charge in [-0.05, 0) is 49.1 Å². The molecule has 0 radical (unpaired) electrons. The number of hydrogen-bond acceptors (Lipinski definition) is 3. The van der Waals surface area contributed by atoms with Crippen LogP contribution in [0.15, 0.2) is 54.6 Å². The standard InChI is InChI=1S/C20H26N2O3S/c1-4-26(24,25)22-18-12-10-17(11-13-18)20(23)21-19(14-15(2)3)16-8-6-5-7-9-16/h5-13,15,19,22H,4,14H2,1-3H3,(H,21,23). The number of rotatable bonds is 8. The highest BCUT2D eigenvalue weighted by Gasteiger charge is 2.17. The van der Waals surface area contributed by atoms with Crippen LogP contribution in [0.25, 0.3) is 0 Å². The monoisotopic (exact) mass is 374 g/mol. The van der Waals surface area contributed by atoms with Crippen LogP contribution >= 0.6 is 0 Å². The molecule has 0 aliphatic heterocycles. The lowest BCUT2D eigenvalue weighted by Crippen LogP contribution is -2.29. The van der Waals surface area contributed by atoms with Crippen molar-refractivity contribution in [2.24, 2.45) is 5.92 Å². The van der Waals surface area contributed by atoms with E-state index in [1.807, 2.05) is 30.3 Å². The summed E-state index contributed by atoms with van der Waals surface area (Å²) in [6.07, 6.45) is 0.837. The van der Waals surface area contributed by atoms with E-state index in [0.29, 0.717) is 17.2 Å². The van der Waals surface area contributed by atoms with Crippen LogP contribution in [0.4, 0.5) is 5.69 Å². The van der Waals surface area contributed by atoms with E-state index in [4.69, 9.17) is 0 Å². The van der Waals surface area contributed by atoms with E-state index in [0.717, 1.165) is 12.0 Å². The van der Waals surface area contributed by atoms with Crippen molar-refractivity contribution in [3.05, 3.63) is 65.7 Å². The molecular weight excluding hydrogens is 348 g/mol. The fourth-order valence-corrected chi connectivity index (χ4v) is 3.26. The molecule has 0 bridgehead atoms. The highest BCUT2D eigenvalue weighted by atomic mass is 32.2. The summed E-state index contributed by atoms with van der Waals surface area (Å²) in [7, 11) is -3.32. The molecule has 6 heteroatoms. The van der Waals surface area contributed by atoms with Crippen molar-refractivity contribution in [3.8, 4) is 0 Å². The van der Waals surface area contributed by atoms with Crippen LogP contribution in [0, 0.1) is 5.92 Å². The molecule has 2 aromatic rings. The van der Waals surface area contributed by atoms with E-state index in [-0.39, 0.29) is 17.7 Å². The number of carbonyl (C=O) groups excluding carboxylic acids is 1. The van der Waals surface area contributed by atoms with E-state index in [1.165, 1.54) is 0 Å². The lowest BCUT2D eigenvalue weighted by molar-refractivity contribution is 0.0932. The van der Waals surface area contributed by atoms with Gasteiger partial charge >= 0.3 is 0 Å². The number of sulfonamides is 1. The van der Waals surface area contributed by atoms with Crippen LogP contribution in [0.2, 0.25) is 0 Å². The van der Waals surface area contributed by atoms with Gasteiger partial charge in [-0.2, -0.15) is 0 Å². The highest BCUT2D eigenvalue weighted by Crippen LogP contribution is 2.22. The summed E-state index contributed by atoms with van der Waals surface area (Å²) in [5, 5.41) is 3.08. The second-order valence-electron chi connectivity index (χ2n) is 6.65. The van der Waals surface area contributed by atoms with Crippen molar-refractivity contribution in [2.45, 2.75) is 33.2 Å². The molecule has 2 rings (SSSR count). The quantitative estimate of drug-likeness (QED) is 0.734. The summed E-state index contributed by atoms with van der Waals surface area (Å²) >= 11 is 0. The zero-order valence-corrected chi connectivity index (χ0v) is 16.2. The molecule has 1 unspecified atom stereocenters. The second kappa shape index (κ2) is 8.85. The second-order valence-corrected chi connectivity index (χ2v) is 8.66. The van der Waals surface area contributed by atoms with Crippen molar-refractivity contribution in [3.63, 3.8) is 0 Å². The van der Waals surface area contributed by atoms with Crippen molar-refractivity contribution in [1.82, 2.24) is 5.32 Å². The molecule has 0 heterocycles. The third-order valence-electron chi connectivity index (χ3n) is 4.01. The molecule has 1 atom stereocenters. The number of nitrogens with one attached hydrogen (secondary N) is 2. The maximum atomic E-state index is 12.6. The Morgan fingerprint density at radius 1 is 1.00 bits per heavy atom. The molecule has 0 saturated heterocycles. The minimum Gasteiger partial charge on any atom is -0.345 e. The number of carbonyl (C=O) groups is 1. The van der Waals surface area contributed by atoms with Crippen LogP contribution in [0.3, 0.4) is 0 Å². The predicted molar refractivity (Wildman–Crippen MR) is 106 cm³/mol. The molecule has 0 saturated carbocycles.